The highest BCUT2D eigenvalue weighted by Gasteiger charge is 2.30. The van der Waals surface area contributed by atoms with Crippen LogP contribution in [-0.4, -0.2) is 96.7 Å². The van der Waals surface area contributed by atoms with Gasteiger partial charge >= 0.3 is 39.5 Å². The van der Waals surface area contributed by atoms with Gasteiger partial charge in [0.05, 0.1) is 26.4 Å². The summed E-state index contributed by atoms with van der Waals surface area (Å²) in [5.74, 6) is 0.912. The molecular weight excluding hydrogens is 1210 g/mol. The molecule has 0 bridgehead atoms. The van der Waals surface area contributed by atoms with Crippen LogP contribution >= 0.6 is 15.6 Å². The Labute approximate surface area is 562 Å². The van der Waals surface area contributed by atoms with Gasteiger partial charge in [0.15, 0.2) is 12.2 Å². The van der Waals surface area contributed by atoms with Crippen LogP contribution in [0.25, 0.3) is 0 Å². The zero-order chi connectivity index (χ0) is 68.2. The van der Waals surface area contributed by atoms with E-state index in [1.165, 1.54) is 167 Å². The summed E-state index contributed by atoms with van der Waals surface area (Å²) in [5.41, 5.74) is 0. The van der Waals surface area contributed by atoms with E-state index in [1.54, 1.807) is 0 Å². The molecule has 92 heavy (non-hydrogen) atoms. The maximum absolute atomic E-state index is 13.1. The number of hydrogen-bond donors (Lipinski definition) is 3. The molecule has 0 aromatic carbocycles. The predicted molar refractivity (Wildman–Crippen MR) is 372 cm³/mol. The minimum absolute atomic E-state index is 0.103. The molecule has 0 saturated heterocycles. The van der Waals surface area contributed by atoms with Crippen molar-refractivity contribution in [3.05, 3.63) is 0 Å². The fourth-order valence-corrected chi connectivity index (χ4v) is 12.6. The molecule has 0 aromatic rings. The Kier molecular flexibility index (Phi) is 61.3. The van der Waals surface area contributed by atoms with Crippen LogP contribution in [0.1, 0.15) is 364 Å². The summed E-state index contributed by atoms with van der Waals surface area (Å²) in [5, 5.41) is 10.6. The molecule has 546 valence electrons. The van der Waals surface area contributed by atoms with Gasteiger partial charge in [0.2, 0.25) is 0 Å². The van der Waals surface area contributed by atoms with E-state index in [0.717, 1.165) is 114 Å². The highest BCUT2D eigenvalue weighted by Crippen LogP contribution is 2.45. The SMILES string of the molecule is CCC(C)CCCCCCCCCCCCC(=O)O[C@H](COC(=O)CCCCCCCCCCCCCCCC(C)C)COP(=O)(O)OCC(O)COP(=O)(O)OC[C@@H](COC(=O)CCCCCCCCCCC(C)C)OC(=O)CCCCCCCCCCC(C)C. The van der Waals surface area contributed by atoms with Crippen LogP contribution in [0.3, 0.4) is 0 Å². The molecule has 17 nitrogen and oxygen atoms in total. The molecule has 0 radical (unpaired) electrons. The molecule has 4 unspecified atom stereocenters. The first-order valence-corrected chi connectivity index (χ1v) is 40.7. The van der Waals surface area contributed by atoms with Gasteiger partial charge in [-0.3, -0.25) is 37.3 Å². The molecule has 0 aliphatic heterocycles. The molecule has 6 atom stereocenters. The predicted octanol–water partition coefficient (Wildman–Crippen LogP) is 20.9. The number of aliphatic hydroxyl groups excluding tert-OH is 1. The number of unbranched alkanes of at least 4 members (excludes halogenated alkanes) is 35. The number of hydrogen-bond acceptors (Lipinski definition) is 15. The van der Waals surface area contributed by atoms with Gasteiger partial charge < -0.3 is 33.8 Å². The van der Waals surface area contributed by atoms with Crippen molar-refractivity contribution in [1.82, 2.24) is 0 Å². The quantitative estimate of drug-likeness (QED) is 0.0222. The minimum Gasteiger partial charge on any atom is -0.462 e. The highest BCUT2D eigenvalue weighted by molar-refractivity contribution is 7.47. The Balaban J connectivity index is 5.26. The minimum atomic E-state index is -4.96. The zero-order valence-electron chi connectivity index (χ0n) is 60.2. The van der Waals surface area contributed by atoms with Crippen LogP contribution in [-0.2, 0) is 65.4 Å². The Hall–Kier alpha value is -1.94. The van der Waals surface area contributed by atoms with Crippen LogP contribution in [0.5, 0.6) is 0 Å². The van der Waals surface area contributed by atoms with Gasteiger partial charge in [0, 0.05) is 25.7 Å². The van der Waals surface area contributed by atoms with Crippen molar-refractivity contribution < 1.29 is 80.2 Å². The van der Waals surface area contributed by atoms with Crippen LogP contribution in [0.4, 0.5) is 0 Å². The number of rotatable bonds is 70. The Morgan fingerprint density at radius 3 is 0.772 bits per heavy atom. The number of carbonyl (C=O) groups excluding carboxylic acids is 4. The molecular formula is C73H142O17P2. The average molecular weight is 1350 g/mol. The first kappa shape index (κ1) is 90.1. The second kappa shape index (κ2) is 62.6. The number of aliphatic hydroxyl groups is 1. The molecule has 0 heterocycles. The highest BCUT2D eigenvalue weighted by atomic mass is 31.2. The first-order valence-electron chi connectivity index (χ1n) is 37.7. The summed E-state index contributed by atoms with van der Waals surface area (Å²) >= 11 is 0. The number of esters is 4. The maximum Gasteiger partial charge on any atom is 0.472 e. The Bertz CT molecular complexity index is 1820. The number of phosphoric ester groups is 2. The summed E-state index contributed by atoms with van der Waals surface area (Å²) in [6, 6.07) is 0. The van der Waals surface area contributed by atoms with Crippen LogP contribution in [0.2, 0.25) is 0 Å². The summed E-state index contributed by atoms with van der Waals surface area (Å²) in [4.78, 5) is 72.7. The molecule has 3 N–H and O–H groups in total. The van der Waals surface area contributed by atoms with Gasteiger partial charge in [-0.2, -0.15) is 0 Å². The van der Waals surface area contributed by atoms with E-state index in [4.69, 9.17) is 37.0 Å². The summed E-state index contributed by atoms with van der Waals surface area (Å²) < 4.78 is 68.4. The van der Waals surface area contributed by atoms with Crippen molar-refractivity contribution >= 4 is 39.5 Å². The summed E-state index contributed by atoms with van der Waals surface area (Å²) in [6.07, 6.45) is 45.8. The first-order chi connectivity index (χ1) is 44.1. The molecule has 0 aromatic heterocycles. The van der Waals surface area contributed by atoms with E-state index < -0.39 is 97.5 Å². The maximum atomic E-state index is 13.1. The second-order valence-corrected chi connectivity index (χ2v) is 30.9. The van der Waals surface area contributed by atoms with Gasteiger partial charge in [-0.1, -0.05) is 312 Å². The summed E-state index contributed by atoms with van der Waals surface area (Å²) in [6.45, 7) is 14.1. The van der Waals surface area contributed by atoms with Crippen molar-refractivity contribution in [2.24, 2.45) is 23.7 Å². The largest absolute Gasteiger partial charge is 0.472 e. The van der Waals surface area contributed by atoms with Gasteiger partial charge in [-0.05, 0) is 49.4 Å². The molecule has 19 heteroatoms. The Morgan fingerprint density at radius 1 is 0.304 bits per heavy atom. The normalized spacial score (nSPS) is 14.5. The van der Waals surface area contributed by atoms with Crippen molar-refractivity contribution in [2.45, 2.75) is 382 Å². The van der Waals surface area contributed by atoms with Crippen molar-refractivity contribution in [1.29, 1.82) is 0 Å². The molecule has 0 aliphatic rings. The molecule has 0 amide bonds. The molecule has 0 saturated carbocycles. The molecule has 0 fully saturated rings. The van der Waals surface area contributed by atoms with Gasteiger partial charge in [0.1, 0.15) is 19.3 Å². The smallest absolute Gasteiger partial charge is 0.462 e. The molecule has 0 rings (SSSR count). The van der Waals surface area contributed by atoms with E-state index in [-0.39, 0.29) is 25.7 Å². The molecule has 0 aliphatic carbocycles. The van der Waals surface area contributed by atoms with Crippen molar-refractivity contribution in [2.75, 3.05) is 39.6 Å². The average Bonchev–Trinajstić information content (AvgIpc) is 3.72. The van der Waals surface area contributed by atoms with E-state index >= 15 is 0 Å². The van der Waals surface area contributed by atoms with E-state index in [1.807, 2.05) is 0 Å². The number of carbonyl (C=O) groups is 4. The zero-order valence-corrected chi connectivity index (χ0v) is 62.0. The third kappa shape index (κ3) is 65.4. The lowest BCUT2D eigenvalue weighted by Gasteiger charge is -2.21. The van der Waals surface area contributed by atoms with E-state index in [9.17, 15) is 43.2 Å². The van der Waals surface area contributed by atoms with Crippen LogP contribution < -0.4 is 0 Å². The van der Waals surface area contributed by atoms with Crippen molar-refractivity contribution in [3.8, 4) is 0 Å². The third-order valence-electron chi connectivity index (χ3n) is 17.2. The standard InChI is InChI=1S/C73H142O17P2/c1-9-66(8)52-44-36-28-18-15-16-20-31-39-47-55-72(77)89-68(59-83-70(75)53-45-37-29-19-14-12-10-11-13-17-25-33-41-49-63(2)3)61-87-91(79,80)85-57-67(74)58-86-92(81,82)88-62-69(90-73(78)56-48-40-32-24-22-27-35-43-51-65(6)7)60-84-71(76)54-46-38-30-23-21-26-34-42-50-64(4)5/h63-69,74H,9-62H2,1-8H3,(H,79,80)(H,81,82)/t66?,67?,68-,69-/m1/s1. The van der Waals surface area contributed by atoms with Gasteiger partial charge in [-0.25, -0.2) is 9.13 Å². The van der Waals surface area contributed by atoms with Crippen molar-refractivity contribution in [3.63, 3.8) is 0 Å². The number of ether oxygens (including phenoxy) is 4. The van der Waals surface area contributed by atoms with Gasteiger partial charge in [0.25, 0.3) is 0 Å². The van der Waals surface area contributed by atoms with E-state index in [0.29, 0.717) is 25.7 Å². The van der Waals surface area contributed by atoms with Gasteiger partial charge in [-0.15, -0.1) is 0 Å². The monoisotopic (exact) mass is 1350 g/mol. The lowest BCUT2D eigenvalue weighted by atomic mass is 9.99. The van der Waals surface area contributed by atoms with Crippen LogP contribution in [0, 0.1) is 23.7 Å². The molecule has 0 spiro atoms. The Morgan fingerprint density at radius 2 is 0.522 bits per heavy atom. The fourth-order valence-electron chi connectivity index (χ4n) is 11.0. The van der Waals surface area contributed by atoms with E-state index in [2.05, 4.69) is 55.4 Å². The summed E-state index contributed by atoms with van der Waals surface area (Å²) in [7, 11) is -9.91. The van der Waals surface area contributed by atoms with Crippen LogP contribution in [0.15, 0.2) is 0 Å². The second-order valence-electron chi connectivity index (χ2n) is 28.0. The third-order valence-corrected chi connectivity index (χ3v) is 19.1. The number of phosphoric acid groups is 2. The lowest BCUT2D eigenvalue weighted by Crippen LogP contribution is -2.30. The lowest BCUT2D eigenvalue weighted by molar-refractivity contribution is -0.161. The topological polar surface area (TPSA) is 237 Å². The fraction of sp³-hybridized carbons (Fsp3) is 0.945.